The van der Waals surface area contributed by atoms with E-state index in [9.17, 15) is 5.11 Å². The molecule has 2 nitrogen and oxygen atoms in total. The van der Waals surface area contributed by atoms with Crippen LogP contribution in [0.25, 0.3) is 39.3 Å². The van der Waals surface area contributed by atoms with Crippen LogP contribution in [0.1, 0.15) is 46.6 Å². The van der Waals surface area contributed by atoms with Crippen LogP contribution in [-0.2, 0) is 5.41 Å². The molecule has 1 heterocycles. The molecule has 5 aromatic rings. The van der Waals surface area contributed by atoms with E-state index >= 15 is 0 Å². The number of pyridine rings is 1. The van der Waals surface area contributed by atoms with Gasteiger partial charge >= 0.3 is 0 Å². The summed E-state index contributed by atoms with van der Waals surface area (Å²) in [5.74, 6) is 0.261. The SMILES string of the molecule is CC(C)(C)CC(C)(C)c1ccc(O)c(-[n+]2c(-c3ccccc3)cc(-c3ccccc3)cc2-c2ccccc2)c1.[I-]. The molecule has 0 atom stereocenters. The minimum Gasteiger partial charge on any atom is -1.00 e. The van der Waals surface area contributed by atoms with Crippen molar-refractivity contribution >= 4 is 0 Å². The second kappa shape index (κ2) is 12.0. The molecule has 0 fully saturated rings. The first-order valence-corrected chi connectivity index (χ1v) is 13.7. The summed E-state index contributed by atoms with van der Waals surface area (Å²) in [6, 6.07) is 42.0. The molecular formula is C37H38INO. The molecule has 3 heteroatoms. The first kappa shape index (κ1) is 29.5. The fraction of sp³-hybridized carbons (Fsp3) is 0.216. The molecule has 1 N–H and O–H groups in total. The maximum atomic E-state index is 11.4. The summed E-state index contributed by atoms with van der Waals surface area (Å²) in [6.45, 7) is 11.5. The number of halogens is 1. The summed E-state index contributed by atoms with van der Waals surface area (Å²) >= 11 is 0. The number of phenolic OH excluding ortho intramolecular Hbond substituents is 1. The number of nitrogens with zero attached hydrogens (tertiary/aromatic N) is 1. The van der Waals surface area contributed by atoms with E-state index in [0.717, 1.165) is 45.7 Å². The fourth-order valence-electron chi connectivity index (χ4n) is 5.85. The molecule has 1 aromatic heterocycles. The molecule has 4 aromatic carbocycles. The standard InChI is InChI=1S/C37H37NO.HI/c1-36(2,3)26-37(4,5)31-21-22-35(39)34(25-31)38-32(28-17-11-7-12-18-28)23-30(27-15-9-6-10-16-27)24-33(38)29-19-13-8-14-20-29;/h6-25H,26H2,1-5H3;1H. The smallest absolute Gasteiger partial charge is 0.254 e. The van der Waals surface area contributed by atoms with E-state index in [1.165, 1.54) is 5.56 Å². The molecule has 5 rings (SSSR count). The first-order valence-electron chi connectivity index (χ1n) is 13.7. The Morgan fingerprint density at radius 1 is 0.550 bits per heavy atom. The molecule has 0 amide bonds. The highest BCUT2D eigenvalue weighted by Gasteiger charge is 2.32. The van der Waals surface area contributed by atoms with Crippen LogP contribution < -0.4 is 28.5 Å². The summed E-state index contributed by atoms with van der Waals surface area (Å²) in [4.78, 5) is 0. The van der Waals surface area contributed by atoms with Crippen LogP contribution in [0.15, 0.2) is 121 Å². The minimum absolute atomic E-state index is 0. The molecule has 0 aliphatic heterocycles. The third-order valence-electron chi connectivity index (χ3n) is 7.28. The predicted octanol–water partition coefficient (Wildman–Crippen LogP) is 6.39. The second-order valence-corrected chi connectivity index (χ2v) is 12.3. The second-order valence-electron chi connectivity index (χ2n) is 12.3. The topological polar surface area (TPSA) is 24.1 Å². The number of phenols is 1. The Morgan fingerprint density at radius 2 is 1.00 bits per heavy atom. The zero-order valence-electron chi connectivity index (χ0n) is 24.0. The number of hydrogen-bond donors (Lipinski definition) is 1. The summed E-state index contributed by atoms with van der Waals surface area (Å²) in [5.41, 5.74) is 8.62. The van der Waals surface area contributed by atoms with Gasteiger partial charge in [-0.3, -0.25) is 0 Å². The third-order valence-corrected chi connectivity index (χ3v) is 7.28. The van der Waals surface area contributed by atoms with E-state index in [4.69, 9.17) is 0 Å². The predicted molar refractivity (Wildman–Crippen MR) is 163 cm³/mol. The van der Waals surface area contributed by atoms with Crippen LogP contribution in [0.5, 0.6) is 5.75 Å². The number of rotatable bonds is 6. The van der Waals surface area contributed by atoms with Gasteiger partial charge < -0.3 is 29.1 Å². The molecular weight excluding hydrogens is 601 g/mol. The van der Waals surface area contributed by atoms with Crippen LogP contribution in [0.2, 0.25) is 0 Å². The van der Waals surface area contributed by atoms with Crippen molar-refractivity contribution in [2.24, 2.45) is 5.41 Å². The Labute approximate surface area is 256 Å². The van der Waals surface area contributed by atoms with E-state index < -0.39 is 0 Å². The van der Waals surface area contributed by atoms with E-state index in [0.29, 0.717) is 0 Å². The van der Waals surface area contributed by atoms with Gasteiger partial charge in [0.05, 0.1) is 0 Å². The lowest BCUT2D eigenvalue weighted by Gasteiger charge is -2.33. The summed E-state index contributed by atoms with van der Waals surface area (Å²) < 4.78 is 2.23. The van der Waals surface area contributed by atoms with Crippen molar-refractivity contribution in [1.82, 2.24) is 0 Å². The Morgan fingerprint density at radius 3 is 1.45 bits per heavy atom. The quantitative estimate of drug-likeness (QED) is 0.169. The maximum Gasteiger partial charge on any atom is 0.254 e. The number of aromatic hydroxyl groups is 1. The van der Waals surface area contributed by atoms with E-state index in [-0.39, 0.29) is 40.6 Å². The highest BCUT2D eigenvalue weighted by Crippen LogP contribution is 2.39. The van der Waals surface area contributed by atoms with Gasteiger partial charge in [-0.15, -0.1) is 4.57 Å². The van der Waals surface area contributed by atoms with E-state index in [1.54, 1.807) is 0 Å². The van der Waals surface area contributed by atoms with Gasteiger partial charge in [0.2, 0.25) is 11.4 Å². The zero-order chi connectivity index (χ0) is 27.6. The number of aromatic nitrogens is 1. The van der Waals surface area contributed by atoms with Gasteiger partial charge in [0.15, 0.2) is 5.75 Å². The lowest BCUT2D eigenvalue weighted by Crippen LogP contribution is -3.00. The van der Waals surface area contributed by atoms with Gasteiger partial charge in [-0.2, -0.15) is 0 Å². The van der Waals surface area contributed by atoms with E-state index in [2.05, 4.69) is 136 Å². The van der Waals surface area contributed by atoms with Crippen LogP contribution in [0.4, 0.5) is 0 Å². The molecule has 0 bridgehead atoms. The molecule has 0 saturated carbocycles. The highest BCUT2D eigenvalue weighted by molar-refractivity contribution is 5.74. The minimum atomic E-state index is -0.0644. The van der Waals surface area contributed by atoms with Crippen molar-refractivity contribution in [3.05, 3.63) is 127 Å². The Balaban J connectivity index is 0.00000370. The molecule has 0 unspecified atom stereocenters. The lowest BCUT2D eigenvalue weighted by molar-refractivity contribution is -0.572. The lowest BCUT2D eigenvalue weighted by atomic mass is 9.72. The molecule has 0 aliphatic carbocycles. The van der Waals surface area contributed by atoms with Gasteiger partial charge in [0, 0.05) is 29.3 Å². The fourth-order valence-corrected chi connectivity index (χ4v) is 5.85. The van der Waals surface area contributed by atoms with Gasteiger partial charge in [0.25, 0.3) is 5.69 Å². The normalized spacial score (nSPS) is 11.6. The van der Waals surface area contributed by atoms with Crippen molar-refractivity contribution in [3.8, 4) is 45.1 Å². The van der Waals surface area contributed by atoms with Crippen molar-refractivity contribution in [3.63, 3.8) is 0 Å². The maximum absolute atomic E-state index is 11.4. The molecule has 40 heavy (non-hydrogen) atoms. The average Bonchev–Trinajstić information content (AvgIpc) is 2.93. The monoisotopic (exact) mass is 639 g/mol. The molecule has 0 radical (unpaired) electrons. The Hall–Kier alpha value is -3.44. The third kappa shape index (κ3) is 6.47. The molecule has 204 valence electrons. The summed E-state index contributed by atoms with van der Waals surface area (Å²) in [6.07, 6.45) is 1.03. The van der Waals surface area contributed by atoms with Crippen molar-refractivity contribution in [2.45, 2.75) is 46.5 Å². The van der Waals surface area contributed by atoms with Crippen molar-refractivity contribution < 1.29 is 33.7 Å². The van der Waals surface area contributed by atoms with Crippen molar-refractivity contribution in [2.75, 3.05) is 0 Å². The van der Waals surface area contributed by atoms with Crippen LogP contribution >= 0.6 is 0 Å². The zero-order valence-corrected chi connectivity index (χ0v) is 26.2. The summed E-state index contributed by atoms with van der Waals surface area (Å²) in [5, 5.41) is 11.4. The average molecular weight is 640 g/mol. The molecule has 0 spiro atoms. The van der Waals surface area contributed by atoms with Crippen molar-refractivity contribution in [1.29, 1.82) is 0 Å². The highest BCUT2D eigenvalue weighted by atomic mass is 127. The number of hydrogen-bond acceptors (Lipinski definition) is 1. The Kier molecular flexibility index (Phi) is 8.84. The molecule has 0 saturated heterocycles. The first-order chi connectivity index (χ1) is 18.6. The Bertz CT molecular complexity index is 1510. The van der Waals surface area contributed by atoms with Gasteiger partial charge in [-0.1, -0.05) is 107 Å². The van der Waals surface area contributed by atoms with Gasteiger partial charge in [-0.05, 0) is 64.3 Å². The largest absolute Gasteiger partial charge is 1.00 e. The van der Waals surface area contributed by atoms with Gasteiger partial charge in [0.1, 0.15) is 0 Å². The summed E-state index contributed by atoms with van der Waals surface area (Å²) in [7, 11) is 0. The van der Waals surface area contributed by atoms with Crippen LogP contribution in [0, 0.1) is 5.41 Å². The van der Waals surface area contributed by atoms with E-state index in [1.807, 2.05) is 24.3 Å². The van der Waals surface area contributed by atoms with Gasteiger partial charge in [-0.25, -0.2) is 0 Å². The molecule has 0 aliphatic rings. The number of benzene rings is 4. The van der Waals surface area contributed by atoms with Crippen LogP contribution in [0.3, 0.4) is 0 Å². The van der Waals surface area contributed by atoms with Crippen LogP contribution in [-0.4, -0.2) is 5.11 Å².